The summed E-state index contributed by atoms with van der Waals surface area (Å²) in [6.45, 7) is 4.83. The highest BCUT2D eigenvalue weighted by Gasteiger charge is 2.26. The third-order valence-electron chi connectivity index (χ3n) is 6.27. The summed E-state index contributed by atoms with van der Waals surface area (Å²) >= 11 is 1.51. The Balaban J connectivity index is 1.60. The van der Waals surface area contributed by atoms with E-state index < -0.39 is 0 Å². The molecule has 1 aliphatic carbocycles. The molecule has 2 aromatic carbocycles. The van der Waals surface area contributed by atoms with Gasteiger partial charge in [-0.3, -0.25) is 9.69 Å². The summed E-state index contributed by atoms with van der Waals surface area (Å²) in [5, 5.41) is 9.67. The molecule has 6 heteroatoms. The highest BCUT2D eigenvalue weighted by molar-refractivity contribution is 8.00. The lowest BCUT2D eigenvalue weighted by atomic mass is 10.0. The summed E-state index contributed by atoms with van der Waals surface area (Å²) in [5.41, 5.74) is 4.73. The highest BCUT2D eigenvalue weighted by Crippen LogP contribution is 2.30. The van der Waals surface area contributed by atoms with E-state index in [0.29, 0.717) is 6.54 Å². The van der Waals surface area contributed by atoms with Crippen molar-refractivity contribution >= 4 is 17.5 Å². The summed E-state index contributed by atoms with van der Waals surface area (Å²) in [6.07, 6.45) is 4.33. The summed E-state index contributed by atoms with van der Waals surface area (Å²) in [4.78, 5) is 15.4. The Morgan fingerprint density at radius 1 is 1.09 bits per heavy atom. The molecule has 1 aliphatic rings. The Morgan fingerprint density at radius 3 is 2.56 bits per heavy atom. The number of aryl methyl sites for hydroxylation is 2. The molecule has 0 N–H and O–H groups in total. The van der Waals surface area contributed by atoms with Crippen LogP contribution in [0.1, 0.15) is 65.6 Å². The summed E-state index contributed by atoms with van der Waals surface area (Å²) < 4.78 is 2.18. The van der Waals surface area contributed by atoms with Gasteiger partial charge in [0.15, 0.2) is 16.8 Å². The van der Waals surface area contributed by atoms with Crippen LogP contribution < -0.4 is 0 Å². The van der Waals surface area contributed by atoms with Crippen molar-refractivity contribution in [2.45, 2.75) is 62.5 Å². The number of nitrogens with zero attached hydrogens (tertiary/aromatic N) is 4. The fraction of sp³-hybridized carbons (Fsp3) is 0.423. The largest absolute Gasteiger partial charge is 0.300 e. The number of carbonyl (C=O) groups excluding carboxylic acids is 1. The van der Waals surface area contributed by atoms with E-state index in [4.69, 9.17) is 0 Å². The van der Waals surface area contributed by atoms with E-state index in [1.165, 1.54) is 34.9 Å². The van der Waals surface area contributed by atoms with Gasteiger partial charge in [0.05, 0.1) is 17.8 Å². The summed E-state index contributed by atoms with van der Waals surface area (Å²) in [7, 11) is 4.14. The smallest absolute Gasteiger partial charge is 0.192 e. The third-order valence-corrected chi connectivity index (χ3v) is 7.35. The van der Waals surface area contributed by atoms with Crippen molar-refractivity contribution in [1.29, 1.82) is 0 Å². The van der Waals surface area contributed by atoms with E-state index in [0.717, 1.165) is 35.8 Å². The van der Waals surface area contributed by atoms with Gasteiger partial charge in [-0.25, -0.2) is 0 Å². The van der Waals surface area contributed by atoms with Gasteiger partial charge in [0, 0.05) is 5.56 Å². The number of aromatic nitrogens is 3. The van der Waals surface area contributed by atoms with Crippen molar-refractivity contribution in [3.8, 4) is 0 Å². The van der Waals surface area contributed by atoms with Crippen LogP contribution in [0.3, 0.4) is 0 Å². The first-order valence-corrected chi connectivity index (χ1v) is 12.3. The first kappa shape index (κ1) is 22.7. The van der Waals surface area contributed by atoms with Crippen LogP contribution in [0.2, 0.25) is 0 Å². The fourth-order valence-electron chi connectivity index (χ4n) is 4.50. The molecule has 0 amide bonds. The number of hydrogen-bond donors (Lipinski definition) is 0. The van der Waals surface area contributed by atoms with Crippen LogP contribution in [0.4, 0.5) is 0 Å². The SMILES string of the molecule is CC[C@H](c1nnc(S[C@@H](C)C(=O)c2ccc3c(c2)CCC3)n1Cc1ccccc1)N(C)C. The van der Waals surface area contributed by atoms with Crippen molar-refractivity contribution in [1.82, 2.24) is 19.7 Å². The molecule has 0 spiro atoms. The zero-order valence-corrected chi connectivity index (χ0v) is 20.2. The molecule has 1 heterocycles. The lowest BCUT2D eigenvalue weighted by Crippen LogP contribution is -2.23. The highest BCUT2D eigenvalue weighted by atomic mass is 32.2. The topological polar surface area (TPSA) is 51.0 Å². The molecule has 4 rings (SSSR count). The Hall–Kier alpha value is -2.44. The zero-order chi connectivity index (χ0) is 22.7. The molecule has 0 fully saturated rings. The maximum Gasteiger partial charge on any atom is 0.192 e. The second-order valence-electron chi connectivity index (χ2n) is 8.76. The fourth-order valence-corrected chi connectivity index (χ4v) is 5.43. The predicted molar refractivity (Wildman–Crippen MR) is 130 cm³/mol. The number of ketones is 1. The van der Waals surface area contributed by atoms with Gasteiger partial charge in [0.25, 0.3) is 0 Å². The van der Waals surface area contributed by atoms with Gasteiger partial charge in [-0.15, -0.1) is 10.2 Å². The standard InChI is InChI=1S/C26H32N4OS/c1-5-23(29(3)4)25-27-28-26(30(25)17-19-10-7-6-8-11-19)32-18(2)24(31)22-15-14-20-12-9-13-21(20)16-22/h6-8,10-11,14-16,18,23H,5,9,12-13,17H2,1-4H3/t18-,23+/m0/s1. The predicted octanol–water partition coefficient (Wildman–Crippen LogP) is 5.19. The van der Waals surface area contributed by atoms with E-state index in [9.17, 15) is 4.79 Å². The summed E-state index contributed by atoms with van der Waals surface area (Å²) in [6, 6.07) is 16.8. The lowest BCUT2D eigenvalue weighted by Gasteiger charge is -2.23. The number of rotatable bonds is 9. The molecule has 0 bridgehead atoms. The molecule has 0 saturated heterocycles. The van der Waals surface area contributed by atoms with Crippen molar-refractivity contribution < 1.29 is 4.79 Å². The second-order valence-corrected chi connectivity index (χ2v) is 10.1. The molecule has 0 aliphatic heterocycles. The molecule has 0 radical (unpaired) electrons. The Morgan fingerprint density at radius 2 is 1.84 bits per heavy atom. The van der Waals surface area contributed by atoms with Crippen LogP contribution >= 0.6 is 11.8 Å². The maximum absolute atomic E-state index is 13.2. The number of thioether (sulfide) groups is 1. The molecule has 0 unspecified atom stereocenters. The van der Waals surface area contributed by atoms with E-state index in [2.05, 4.69) is 77.1 Å². The first-order chi connectivity index (χ1) is 15.5. The van der Waals surface area contributed by atoms with E-state index >= 15 is 0 Å². The van der Waals surface area contributed by atoms with Gasteiger partial charge in [-0.05, 0) is 69.5 Å². The molecule has 5 nitrogen and oxygen atoms in total. The van der Waals surface area contributed by atoms with Crippen molar-refractivity contribution in [3.05, 3.63) is 76.6 Å². The molecule has 2 atom stereocenters. The van der Waals surface area contributed by atoms with Gasteiger partial charge in [-0.2, -0.15) is 0 Å². The number of benzene rings is 2. The van der Waals surface area contributed by atoms with Gasteiger partial charge in [0.1, 0.15) is 0 Å². The van der Waals surface area contributed by atoms with E-state index in [1.807, 2.05) is 19.1 Å². The van der Waals surface area contributed by atoms with Crippen molar-refractivity contribution in [3.63, 3.8) is 0 Å². The number of carbonyl (C=O) groups is 1. The van der Waals surface area contributed by atoms with Crippen LogP contribution in [0.5, 0.6) is 0 Å². The van der Waals surface area contributed by atoms with E-state index in [1.54, 1.807) is 0 Å². The first-order valence-electron chi connectivity index (χ1n) is 11.4. The van der Waals surface area contributed by atoms with Crippen LogP contribution in [-0.4, -0.2) is 44.8 Å². The average molecular weight is 449 g/mol. The molecule has 168 valence electrons. The minimum Gasteiger partial charge on any atom is -0.300 e. The van der Waals surface area contributed by atoms with Crippen LogP contribution in [0.25, 0.3) is 0 Å². The molecule has 1 aromatic heterocycles. The van der Waals surface area contributed by atoms with Crippen molar-refractivity contribution in [2.24, 2.45) is 0 Å². The van der Waals surface area contributed by atoms with Crippen LogP contribution in [-0.2, 0) is 19.4 Å². The number of hydrogen-bond acceptors (Lipinski definition) is 5. The molecular weight excluding hydrogens is 416 g/mol. The normalized spacial score (nSPS) is 15.0. The third kappa shape index (κ3) is 4.81. The second kappa shape index (κ2) is 10.0. The summed E-state index contributed by atoms with van der Waals surface area (Å²) in [5.74, 6) is 1.10. The molecular formula is C26H32N4OS. The quantitative estimate of drug-likeness (QED) is 0.333. The van der Waals surface area contributed by atoms with Gasteiger partial charge in [0.2, 0.25) is 0 Å². The maximum atomic E-state index is 13.2. The van der Waals surface area contributed by atoms with E-state index in [-0.39, 0.29) is 17.1 Å². The monoisotopic (exact) mass is 448 g/mol. The minimum atomic E-state index is -0.236. The van der Waals surface area contributed by atoms with Gasteiger partial charge < -0.3 is 4.57 Å². The molecule has 3 aromatic rings. The minimum absolute atomic E-state index is 0.153. The molecule has 32 heavy (non-hydrogen) atoms. The Bertz CT molecular complexity index is 1080. The zero-order valence-electron chi connectivity index (χ0n) is 19.4. The van der Waals surface area contributed by atoms with Crippen molar-refractivity contribution in [2.75, 3.05) is 14.1 Å². The van der Waals surface area contributed by atoms with Gasteiger partial charge >= 0.3 is 0 Å². The molecule has 0 saturated carbocycles. The van der Waals surface area contributed by atoms with Crippen LogP contribution in [0.15, 0.2) is 53.7 Å². The Kier molecular flexibility index (Phi) is 7.11. The number of fused-ring (bicyclic) bond motifs is 1. The van der Waals surface area contributed by atoms with Gasteiger partial charge in [-0.1, -0.05) is 61.2 Å². The lowest BCUT2D eigenvalue weighted by molar-refractivity contribution is 0.0993. The van der Waals surface area contributed by atoms with Crippen LogP contribution in [0, 0.1) is 0 Å². The Labute approximate surface area is 195 Å². The number of Topliss-reactive ketones (excluding diaryl/α,β-unsaturated/α-hetero) is 1. The average Bonchev–Trinajstić information content (AvgIpc) is 3.41.